The quantitative estimate of drug-likeness (QED) is 0.690. The monoisotopic (exact) mass is 267 g/mol. The third kappa shape index (κ3) is 2.16. The van der Waals surface area contributed by atoms with E-state index < -0.39 is 0 Å². The highest BCUT2D eigenvalue weighted by atomic mass is 19.1. The van der Waals surface area contributed by atoms with Crippen LogP contribution in [0.5, 0.6) is 0 Å². The van der Waals surface area contributed by atoms with Crippen molar-refractivity contribution in [1.29, 1.82) is 0 Å². The predicted octanol–water partition coefficient (Wildman–Crippen LogP) is 4.01. The van der Waals surface area contributed by atoms with Crippen molar-refractivity contribution < 1.29 is 4.39 Å². The number of rotatable bonds is 2. The second-order valence-electron chi connectivity index (χ2n) is 4.69. The van der Waals surface area contributed by atoms with E-state index in [1.807, 2.05) is 24.3 Å². The van der Waals surface area contributed by atoms with Crippen molar-refractivity contribution in [3.05, 3.63) is 60.0 Å². The Bertz CT molecular complexity index is 784. The first kappa shape index (κ1) is 12.4. The summed E-state index contributed by atoms with van der Waals surface area (Å²) in [6.45, 7) is 1.74. The van der Waals surface area contributed by atoms with Gasteiger partial charge >= 0.3 is 0 Å². The smallest absolute Gasteiger partial charge is 0.126 e. The van der Waals surface area contributed by atoms with Gasteiger partial charge in [-0.1, -0.05) is 0 Å². The predicted molar refractivity (Wildman–Crippen MR) is 80.6 cm³/mol. The highest BCUT2D eigenvalue weighted by Gasteiger charge is 2.06. The number of nitrogens with one attached hydrogen (secondary N) is 1. The molecule has 0 unspecified atom stereocenters. The zero-order valence-corrected chi connectivity index (χ0v) is 11.0. The largest absolute Gasteiger partial charge is 0.397 e. The minimum absolute atomic E-state index is 0.209. The van der Waals surface area contributed by atoms with Gasteiger partial charge in [0.15, 0.2) is 0 Å². The number of halogens is 1. The Balaban J connectivity index is 2.06. The molecule has 0 radical (unpaired) electrons. The highest BCUT2D eigenvalue weighted by Crippen LogP contribution is 2.29. The maximum absolute atomic E-state index is 13.3. The number of hydrogen-bond donors (Lipinski definition) is 2. The maximum Gasteiger partial charge on any atom is 0.126 e. The van der Waals surface area contributed by atoms with Crippen LogP contribution in [-0.2, 0) is 0 Å². The van der Waals surface area contributed by atoms with Crippen molar-refractivity contribution in [3.63, 3.8) is 0 Å². The summed E-state index contributed by atoms with van der Waals surface area (Å²) in [5.74, 6) is -0.209. The van der Waals surface area contributed by atoms with Gasteiger partial charge in [-0.05, 0) is 55.0 Å². The molecule has 0 aliphatic rings. The van der Waals surface area contributed by atoms with Gasteiger partial charge in [0.2, 0.25) is 0 Å². The van der Waals surface area contributed by atoms with Crippen LogP contribution in [-0.4, -0.2) is 4.98 Å². The average Bonchev–Trinajstić information content (AvgIpc) is 2.46. The first-order valence-corrected chi connectivity index (χ1v) is 6.31. The fourth-order valence-electron chi connectivity index (χ4n) is 2.18. The number of anilines is 3. The van der Waals surface area contributed by atoms with Crippen LogP contribution in [0, 0.1) is 12.7 Å². The summed E-state index contributed by atoms with van der Waals surface area (Å²) in [7, 11) is 0. The Kier molecular flexibility index (Phi) is 2.99. The molecule has 0 atom stereocenters. The molecule has 0 fully saturated rings. The van der Waals surface area contributed by atoms with E-state index in [-0.39, 0.29) is 5.82 Å². The van der Waals surface area contributed by atoms with Gasteiger partial charge in [0.05, 0.1) is 11.2 Å². The normalized spacial score (nSPS) is 10.7. The minimum atomic E-state index is -0.209. The first-order valence-electron chi connectivity index (χ1n) is 6.31. The third-order valence-corrected chi connectivity index (χ3v) is 3.24. The average molecular weight is 267 g/mol. The molecule has 3 N–H and O–H groups in total. The van der Waals surface area contributed by atoms with Crippen molar-refractivity contribution in [3.8, 4) is 0 Å². The van der Waals surface area contributed by atoms with E-state index >= 15 is 0 Å². The number of nitrogens with zero attached hydrogens (tertiary/aromatic N) is 1. The van der Waals surface area contributed by atoms with Gasteiger partial charge in [-0.25, -0.2) is 4.39 Å². The second kappa shape index (κ2) is 4.81. The van der Waals surface area contributed by atoms with E-state index in [1.54, 1.807) is 25.3 Å². The SMILES string of the molecule is Cc1cc(Nc2ccc(N)c3ncccc23)ccc1F. The molecule has 3 rings (SSSR count). The van der Waals surface area contributed by atoms with Gasteiger partial charge in [-0.2, -0.15) is 0 Å². The van der Waals surface area contributed by atoms with E-state index in [4.69, 9.17) is 5.73 Å². The number of nitrogen functional groups attached to an aromatic ring is 1. The zero-order valence-electron chi connectivity index (χ0n) is 11.0. The lowest BCUT2D eigenvalue weighted by Gasteiger charge is -2.11. The number of benzene rings is 2. The van der Waals surface area contributed by atoms with Gasteiger partial charge in [0, 0.05) is 23.0 Å². The topological polar surface area (TPSA) is 50.9 Å². The van der Waals surface area contributed by atoms with E-state index in [0.29, 0.717) is 11.3 Å². The molecular formula is C16H14FN3. The molecule has 2 aromatic carbocycles. The van der Waals surface area contributed by atoms with Crippen LogP contribution in [0.3, 0.4) is 0 Å². The Hall–Kier alpha value is -2.62. The highest BCUT2D eigenvalue weighted by molar-refractivity contribution is 5.99. The van der Waals surface area contributed by atoms with E-state index in [1.165, 1.54) is 6.07 Å². The fraction of sp³-hybridized carbons (Fsp3) is 0.0625. The summed E-state index contributed by atoms with van der Waals surface area (Å²) in [6, 6.07) is 12.5. The maximum atomic E-state index is 13.3. The lowest BCUT2D eigenvalue weighted by atomic mass is 10.1. The molecule has 0 saturated carbocycles. The number of nitrogens with two attached hydrogens (primary N) is 1. The Labute approximate surface area is 116 Å². The summed E-state index contributed by atoms with van der Waals surface area (Å²) in [5.41, 5.74) is 9.66. The zero-order chi connectivity index (χ0) is 14.1. The third-order valence-electron chi connectivity index (χ3n) is 3.24. The standard InChI is InChI=1S/C16H14FN3/c1-10-9-11(4-5-13(10)17)20-15-7-6-14(18)16-12(15)3-2-8-19-16/h2-9,20H,18H2,1H3. The Morgan fingerprint density at radius 3 is 2.80 bits per heavy atom. The number of fused-ring (bicyclic) bond motifs is 1. The van der Waals surface area contributed by atoms with Crippen molar-refractivity contribution in [2.75, 3.05) is 11.1 Å². The lowest BCUT2D eigenvalue weighted by molar-refractivity contribution is 0.619. The lowest BCUT2D eigenvalue weighted by Crippen LogP contribution is -1.96. The molecule has 1 heterocycles. The molecule has 4 heteroatoms. The van der Waals surface area contributed by atoms with Crippen LogP contribution >= 0.6 is 0 Å². The molecule has 0 aliphatic carbocycles. The molecule has 100 valence electrons. The molecule has 0 bridgehead atoms. The molecule has 0 spiro atoms. The van der Waals surface area contributed by atoms with Crippen molar-refractivity contribution in [1.82, 2.24) is 4.98 Å². The van der Waals surface area contributed by atoms with Gasteiger partial charge in [-0.3, -0.25) is 4.98 Å². The molecule has 3 nitrogen and oxygen atoms in total. The second-order valence-corrected chi connectivity index (χ2v) is 4.69. The summed E-state index contributed by atoms with van der Waals surface area (Å²) >= 11 is 0. The van der Waals surface area contributed by atoms with E-state index in [0.717, 1.165) is 22.3 Å². The van der Waals surface area contributed by atoms with Crippen LogP contribution in [0.2, 0.25) is 0 Å². The number of aryl methyl sites for hydroxylation is 1. The number of hydrogen-bond acceptors (Lipinski definition) is 3. The molecule has 0 aliphatic heterocycles. The van der Waals surface area contributed by atoms with Gasteiger partial charge in [0.1, 0.15) is 5.82 Å². The van der Waals surface area contributed by atoms with Gasteiger partial charge in [-0.15, -0.1) is 0 Å². The number of pyridine rings is 1. The van der Waals surface area contributed by atoms with Crippen molar-refractivity contribution in [2.45, 2.75) is 6.92 Å². The Morgan fingerprint density at radius 1 is 1.15 bits per heavy atom. The van der Waals surface area contributed by atoms with Crippen LogP contribution in [0.1, 0.15) is 5.56 Å². The summed E-state index contributed by atoms with van der Waals surface area (Å²) < 4.78 is 13.3. The first-order chi connectivity index (χ1) is 9.65. The van der Waals surface area contributed by atoms with Gasteiger partial charge in [0.25, 0.3) is 0 Å². The molecule has 3 aromatic rings. The van der Waals surface area contributed by atoms with Crippen LogP contribution in [0.4, 0.5) is 21.5 Å². The van der Waals surface area contributed by atoms with E-state index in [9.17, 15) is 4.39 Å². The number of aromatic nitrogens is 1. The van der Waals surface area contributed by atoms with Crippen LogP contribution < -0.4 is 11.1 Å². The van der Waals surface area contributed by atoms with E-state index in [2.05, 4.69) is 10.3 Å². The molecule has 0 saturated heterocycles. The van der Waals surface area contributed by atoms with Gasteiger partial charge < -0.3 is 11.1 Å². The molecule has 0 amide bonds. The molecular weight excluding hydrogens is 253 g/mol. The Morgan fingerprint density at radius 2 is 2.00 bits per heavy atom. The summed E-state index contributed by atoms with van der Waals surface area (Å²) in [5, 5.41) is 4.22. The summed E-state index contributed by atoms with van der Waals surface area (Å²) in [4.78, 5) is 4.29. The molecule has 1 aromatic heterocycles. The van der Waals surface area contributed by atoms with Crippen LogP contribution in [0.25, 0.3) is 10.9 Å². The fourth-order valence-corrected chi connectivity index (χ4v) is 2.18. The minimum Gasteiger partial charge on any atom is -0.397 e. The molecule has 20 heavy (non-hydrogen) atoms. The van der Waals surface area contributed by atoms with Crippen molar-refractivity contribution >= 4 is 28.0 Å². The van der Waals surface area contributed by atoms with Crippen LogP contribution in [0.15, 0.2) is 48.7 Å². The summed E-state index contributed by atoms with van der Waals surface area (Å²) in [6.07, 6.45) is 1.71. The van der Waals surface area contributed by atoms with Crippen molar-refractivity contribution in [2.24, 2.45) is 0 Å².